The van der Waals surface area contributed by atoms with Gasteiger partial charge < -0.3 is 9.84 Å². The first-order valence-electron chi connectivity index (χ1n) is 6.66. The second kappa shape index (κ2) is 5.44. The minimum absolute atomic E-state index is 0.234. The Bertz CT molecular complexity index is 857. The van der Waals surface area contributed by atoms with Gasteiger partial charge in [0.15, 0.2) is 5.82 Å². The summed E-state index contributed by atoms with van der Waals surface area (Å²) in [6.45, 7) is 1.47. The van der Waals surface area contributed by atoms with Gasteiger partial charge in [-0.05, 0) is 19.1 Å². The average molecular weight is 298 g/mol. The molecule has 1 aromatic carbocycles. The molecule has 0 aliphatic carbocycles. The highest BCUT2D eigenvalue weighted by Gasteiger charge is 2.16. The van der Waals surface area contributed by atoms with Crippen LogP contribution >= 0.6 is 0 Å². The van der Waals surface area contributed by atoms with Gasteiger partial charge in [-0.2, -0.15) is 0 Å². The van der Waals surface area contributed by atoms with Crippen molar-refractivity contribution >= 4 is 16.9 Å². The van der Waals surface area contributed by atoms with E-state index in [1.165, 1.54) is 11.8 Å². The fourth-order valence-corrected chi connectivity index (χ4v) is 2.23. The molecule has 0 saturated carbocycles. The van der Waals surface area contributed by atoms with E-state index in [1.807, 2.05) is 30.3 Å². The summed E-state index contributed by atoms with van der Waals surface area (Å²) in [6, 6.07) is 9.54. The first-order valence-corrected chi connectivity index (χ1v) is 6.66. The lowest BCUT2D eigenvalue weighted by Crippen LogP contribution is -2.11. The van der Waals surface area contributed by atoms with Crippen LogP contribution in [0.4, 0.5) is 0 Å². The molecule has 0 saturated heterocycles. The molecule has 0 fully saturated rings. The number of hydrogen-bond acceptors (Lipinski definition) is 5. The van der Waals surface area contributed by atoms with Crippen LogP contribution in [-0.4, -0.2) is 37.9 Å². The Labute approximate surface area is 126 Å². The summed E-state index contributed by atoms with van der Waals surface area (Å²) in [5, 5.41) is 14.1. The first-order chi connectivity index (χ1) is 10.6. The number of carboxylic acids is 1. The maximum atomic E-state index is 10.8. The third kappa shape index (κ3) is 2.48. The Kier molecular flexibility index (Phi) is 3.46. The third-order valence-corrected chi connectivity index (χ3v) is 3.26. The van der Waals surface area contributed by atoms with Crippen LogP contribution < -0.4 is 4.74 Å². The average Bonchev–Trinajstić information content (AvgIpc) is 2.86. The monoisotopic (exact) mass is 298 g/mol. The second-order valence-corrected chi connectivity index (χ2v) is 4.77. The number of benzene rings is 1. The molecular formula is C15H14N4O3. The van der Waals surface area contributed by atoms with Crippen LogP contribution in [0.5, 0.6) is 5.88 Å². The Balaban J connectivity index is 2.14. The standard InChI is InChI=1S/C15H14N4O3/c1-9-16-14(18-19(9)8-13(20)21)11-7-10-5-3-4-6-12(10)17-15(11)22-2/h3-7H,8H2,1-2H3,(H,20,21). The van der Waals surface area contributed by atoms with Crippen LogP contribution in [0.1, 0.15) is 5.82 Å². The highest BCUT2D eigenvalue weighted by Crippen LogP contribution is 2.29. The smallest absolute Gasteiger partial charge is 0.325 e. The topological polar surface area (TPSA) is 90.1 Å². The summed E-state index contributed by atoms with van der Waals surface area (Å²) < 4.78 is 6.66. The maximum absolute atomic E-state index is 10.8. The summed E-state index contributed by atoms with van der Waals surface area (Å²) in [5.41, 5.74) is 1.44. The number of carbonyl (C=O) groups is 1. The molecule has 2 aromatic heterocycles. The number of para-hydroxylation sites is 1. The minimum Gasteiger partial charge on any atom is -0.480 e. The van der Waals surface area contributed by atoms with Gasteiger partial charge in [0.25, 0.3) is 0 Å². The van der Waals surface area contributed by atoms with Crippen molar-refractivity contribution in [3.63, 3.8) is 0 Å². The molecule has 22 heavy (non-hydrogen) atoms. The molecule has 7 heteroatoms. The molecular weight excluding hydrogens is 284 g/mol. The number of hydrogen-bond donors (Lipinski definition) is 1. The fraction of sp³-hybridized carbons (Fsp3) is 0.200. The summed E-state index contributed by atoms with van der Waals surface area (Å²) in [4.78, 5) is 19.6. The van der Waals surface area contributed by atoms with Crippen molar-refractivity contribution in [3.05, 3.63) is 36.2 Å². The lowest BCUT2D eigenvalue weighted by molar-refractivity contribution is -0.137. The van der Waals surface area contributed by atoms with Crippen LogP contribution in [0.3, 0.4) is 0 Å². The zero-order valence-corrected chi connectivity index (χ0v) is 12.1. The number of methoxy groups -OCH3 is 1. The van der Waals surface area contributed by atoms with Gasteiger partial charge in [0, 0.05) is 5.39 Å². The van der Waals surface area contributed by atoms with Crippen LogP contribution in [0.15, 0.2) is 30.3 Å². The van der Waals surface area contributed by atoms with Gasteiger partial charge in [-0.1, -0.05) is 18.2 Å². The molecule has 0 bridgehead atoms. The van der Waals surface area contributed by atoms with Crippen molar-refractivity contribution in [2.24, 2.45) is 0 Å². The largest absolute Gasteiger partial charge is 0.480 e. The van der Waals surface area contributed by atoms with Crippen LogP contribution in [0.25, 0.3) is 22.3 Å². The number of rotatable bonds is 4. The van der Waals surface area contributed by atoms with Gasteiger partial charge in [0.1, 0.15) is 12.4 Å². The van der Waals surface area contributed by atoms with Crippen LogP contribution in [0, 0.1) is 6.92 Å². The number of ether oxygens (including phenoxy) is 1. The zero-order valence-electron chi connectivity index (χ0n) is 12.1. The van der Waals surface area contributed by atoms with E-state index in [0.717, 1.165) is 10.9 Å². The molecule has 7 nitrogen and oxygen atoms in total. The van der Waals surface area contributed by atoms with Gasteiger partial charge in [-0.3, -0.25) is 4.79 Å². The molecule has 0 amide bonds. The van der Waals surface area contributed by atoms with Crippen molar-refractivity contribution in [1.82, 2.24) is 19.7 Å². The Morgan fingerprint density at radius 1 is 1.32 bits per heavy atom. The molecule has 1 N–H and O–H groups in total. The lowest BCUT2D eigenvalue weighted by atomic mass is 10.1. The van der Waals surface area contributed by atoms with Crippen molar-refractivity contribution in [1.29, 1.82) is 0 Å². The van der Waals surface area contributed by atoms with Gasteiger partial charge in [-0.15, -0.1) is 5.10 Å². The van der Waals surface area contributed by atoms with E-state index in [2.05, 4.69) is 15.1 Å². The molecule has 0 aliphatic rings. The lowest BCUT2D eigenvalue weighted by Gasteiger charge is -2.06. The maximum Gasteiger partial charge on any atom is 0.325 e. The van der Waals surface area contributed by atoms with E-state index in [9.17, 15) is 4.79 Å². The SMILES string of the molecule is COc1nc2ccccc2cc1-c1nc(C)n(CC(=O)O)n1. The van der Waals surface area contributed by atoms with E-state index < -0.39 is 5.97 Å². The molecule has 0 spiro atoms. The summed E-state index contributed by atoms with van der Waals surface area (Å²) in [5.74, 6) is 0.357. The molecule has 3 rings (SSSR count). The number of aryl methyl sites for hydroxylation is 1. The Hall–Kier alpha value is -2.96. The van der Waals surface area contributed by atoms with E-state index >= 15 is 0 Å². The molecule has 0 atom stereocenters. The number of carboxylic acid groups (broad SMARTS) is 1. The minimum atomic E-state index is -0.969. The predicted molar refractivity (Wildman–Crippen MR) is 79.7 cm³/mol. The second-order valence-electron chi connectivity index (χ2n) is 4.77. The highest BCUT2D eigenvalue weighted by atomic mass is 16.5. The summed E-state index contributed by atoms with van der Waals surface area (Å²) in [6.07, 6.45) is 0. The quantitative estimate of drug-likeness (QED) is 0.791. The summed E-state index contributed by atoms with van der Waals surface area (Å²) >= 11 is 0. The molecule has 3 aromatic rings. The van der Waals surface area contributed by atoms with Gasteiger partial charge >= 0.3 is 5.97 Å². The molecule has 0 radical (unpaired) electrons. The van der Waals surface area contributed by atoms with Gasteiger partial charge in [0.2, 0.25) is 5.88 Å². The van der Waals surface area contributed by atoms with E-state index in [1.54, 1.807) is 6.92 Å². The van der Waals surface area contributed by atoms with E-state index in [0.29, 0.717) is 23.1 Å². The van der Waals surface area contributed by atoms with Gasteiger partial charge in [0.05, 0.1) is 18.2 Å². The number of aromatic nitrogens is 4. The number of nitrogens with zero attached hydrogens (tertiary/aromatic N) is 4. The van der Waals surface area contributed by atoms with Crippen LogP contribution in [-0.2, 0) is 11.3 Å². The van der Waals surface area contributed by atoms with Gasteiger partial charge in [-0.25, -0.2) is 14.6 Å². The zero-order chi connectivity index (χ0) is 15.7. The third-order valence-electron chi connectivity index (χ3n) is 3.26. The summed E-state index contributed by atoms with van der Waals surface area (Å²) in [7, 11) is 1.53. The molecule has 112 valence electrons. The van der Waals surface area contributed by atoms with Crippen LogP contribution in [0.2, 0.25) is 0 Å². The molecule has 0 unspecified atom stereocenters. The van der Waals surface area contributed by atoms with Crippen molar-refractivity contribution in [3.8, 4) is 17.3 Å². The fourth-order valence-electron chi connectivity index (χ4n) is 2.23. The highest BCUT2D eigenvalue weighted by molar-refractivity contribution is 5.84. The molecule has 0 aliphatic heterocycles. The first kappa shape index (κ1) is 14.0. The number of fused-ring (bicyclic) bond motifs is 1. The van der Waals surface area contributed by atoms with E-state index in [4.69, 9.17) is 9.84 Å². The van der Waals surface area contributed by atoms with Crippen molar-refractivity contribution < 1.29 is 14.6 Å². The number of pyridine rings is 1. The molecule has 2 heterocycles. The van der Waals surface area contributed by atoms with Crippen molar-refractivity contribution in [2.45, 2.75) is 13.5 Å². The number of aliphatic carboxylic acids is 1. The van der Waals surface area contributed by atoms with E-state index in [-0.39, 0.29) is 6.54 Å². The predicted octanol–water partition coefficient (Wildman–Crippen LogP) is 1.89. The van der Waals surface area contributed by atoms with Crippen molar-refractivity contribution in [2.75, 3.05) is 7.11 Å². The Morgan fingerprint density at radius 2 is 2.09 bits per heavy atom. The Morgan fingerprint density at radius 3 is 2.82 bits per heavy atom. The normalized spacial score (nSPS) is 10.8.